The summed E-state index contributed by atoms with van der Waals surface area (Å²) in [6.45, 7) is 5.16. The normalized spacial score (nSPS) is 11.2. The third-order valence-electron chi connectivity index (χ3n) is 1.89. The highest BCUT2D eigenvalue weighted by Gasteiger charge is 2.25. The molecule has 0 saturated carbocycles. The van der Waals surface area contributed by atoms with Gasteiger partial charge >= 0.3 is 5.97 Å². The number of aliphatic carboxylic acids is 1. The molecule has 0 saturated heterocycles. The maximum absolute atomic E-state index is 11.7. The molecule has 0 spiro atoms. The van der Waals surface area contributed by atoms with E-state index in [1.54, 1.807) is 13.8 Å². The zero-order chi connectivity index (χ0) is 12.3. The monoisotopic (exact) mass is 242 g/mol. The number of hydrogen-bond donors (Lipinski definition) is 2. The van der Waals surface area contributed by atoms with Gasteiger partial charge in [-0.3, -0.25) is 9.59 Å². The van der Waals surface area contributed by atoms with Crippen LogP contribution in [-0.4, -0.2) is 27.5 Å². The number of carboxylic acid groups (broad SMARTS) is 1. The summed E-state index contributed by atoms with van der Waals surface area (Å²) >= 11 is 1.28. The lowest BCUT2D eigenvalue weighted by Gasteiger charge is -2.23. The molecule has 1 aromatic rings. The predicted octanol–water partition coefficient (Wildman–Crippen LogP) is 1.43. The second kappa shape index (κ2) is 4.61. The second-order valence-electron chi connectivity index (χ2n) is 4.15. The van der Waals surface area contributed by atoms with Crippen LogP contribution in [-0.2, 0) is 4.79 Å². The van der Waals surface area contributed by atoms with Crippen LogP contribution >= 0.6 is 11.3 Å². The third-order valence-corrected chi connectivity index (χ3v) is 2.80. The maximum atomic E-state index is 11.7. The number of rotatable bonds is 4. The fraction of sp³-hybridized carbons (Fsp3) is 0.500. The Morgan fingerprint density at radius 1 is 1.56 bits per heavy atom. The number of nitrogens with one attached hydrogen (secondary N) is 1. The van der Waals surface area contributed by atoms with Gasteiger partial charge in [-0.1, -0.05) is 0 Å². The molecule has 88 valence electrons. The van der Waals surface area contributed by atoms with Crippen LogP contribution in [0.1, 0.15) is 34.9 Å². The van der Waals surface area contributed by atoms with E-state index in [0.29, 0.717) is 4.88 Å². The molecule has 6 heteroatoms. The van der Waals surface area contributed by atoms with E-state index in [0.717, 1.165) is 5.01 Å². The van der Waals surface area contributed by atoms with Crippen molar-refractivity contribution in [2.24, 2.45) is 0 Å². The molecule has 0 unspecified atom stereocenters. The van der Waals surface area contributed by atoms with E-state index in [9.17, 15) is 9.59 Å². The van der Waals surface area contributed by atoms with Gasteiger partial charge in [-0.15, -0.1) is 11.3 Å². The molecule has 16 heavy (non-hydrogen) atoms. The van der Waals surface area contributed by atoms with Crippen molar-refractivity contribution in [2.75, 3.05) is 0 Å². The van der Waals surface area contributed by atoms with E-state index >= 15 is 0 Å². The zero-order valence-corrected chi connectivity index (χ0v) is 10.2. The molecule has 0 aliphatic rings. The summed E-state index contributed by atoms with van der Waals surface area (Å²) in [6.07, 6.45) is 1.38. The first kappa shape index (κ1) is 12.6. The van der Waals surface area contributed by atoms with Crippen LogP contribution in [0, 0.1) is 6.92 Å². The van der Waals surface area contributed by atoms with Crippen LogP contribution in [0.15, 0.2) is 6.20 Å². The van der Waals surface area contributed by atoms with Gasteiger partial charge < -0.3 is 10.4 Å². The lowest BCUT2D eigenvalue weighted by atomic mass is 10.0. The molecule has 0 aromatic carbocycles. The van der Waals surface area contributed by atoms with Crippen LogP contribution < -0.4 is 5.32 Å². The van der Waals surface area contributed by atoms with Gasteiger partial charge in [0.1, 0.15) is 4.88 Å². The van der Waals surface area contributed by atoms with Gasteiger partial charge in [0.2, 0.25) is 0 Å². The third kappa shape index (κ3) is 3.62. The summed E-state index contributed by atoms with van der Waals surface area (Å²) in [4.78, 5) is 26.8. The Bertz CT molecular complexity index is 412. The Labute approximate surface area is 97.5 Å². The van der Waals surface area contributed by atoms with Crippen LogP contribution in [0.5, 0.6) is 0 Å². The van der Waals surface area contributed by atoms with Crippen molar-refractivity contribution < 1.29 is 14.7 Å². The van der Waals surface area contributed by atoms with Gasteiger partial charge in [-0.2, -0.15) is 0 Å². The molecule has 0 atom stereocenters. The fourth-order valence-electron chi connectivity index (χ4n) is 1.26. The van der Waals surface area contributed by atoms with Crippen molar-refractivity contribution in [1.29, 1.82) is 0 Å². The number of carbonyl (C=O) groups is 2. The minimum Gasteiger partial charge on any atom is -0.481 e. The largest absolute Gasteiger partial charge is 0.481 e. The van der Waals surface area contributed by atoms with E-state index in [-0.39, 0.29) is 12.3 Å². The van der Waals surface area contributed by atoms with Gasteiger partial charge in [0, 0.05) is 5.54 Å². The summed E-state index contributed by atoms with van der Waals surface area (Å²) in [5.41, 5.74) is -0.763. The summed E-state index contributed by atoms with van der Waals surface area (Å²) in [5.74, 6) is -1.22. The van der Waals surface area contributed by atoms with Crippen molar-refractivity contribution in [3.8, 4) is 0 Å². The minimum absolute atomic E-state index is 0.115. The lowest BCUT2D eigenvalue weighted by Crippen LogP contribution is -2.44. The van der Waals surface area contributed by atoms with E-state index in [1.807, 2.05) is 6.92 Å². The molecule has 5 nitrogen and oxygen atoms in total. The zero-order valence-electron chi connectivity index (χ0n) is 9.40. The number of amides is 1. The van der Waals surface area contributed by atoms with Crippen LogP contribution in [0.3, 0.4) is 0 Å². The van der Waals surface area contributed by atoms with E-state index < -0.39 is 11.5 Å². The number of aryl methyl sites for hydroxylation is 1. The van der Waals surface area contributed by atoms with E-state index in [2.05, 4.69) is 10.3 Å². The molecule has 2 N–H and O–H groups in total. The molecule has 1 heterocycles. The first-order valence-corrected chi connectivity index (χ1v) is 5.58. The molecule has 0 fully saturated rings. The smallest absolute Gasteiger partial charge is 0.305 e. The standard InChI is InChI=1S/C10H14N2O3S/c1-6-11-5-7(16-6)9(15)12-10(2,3)4-8(13)14/h5H,4H2,1-3H3,(H,12,15)(H,13,14). The number of hydrogen-bond acceptors (Lipinski definition) is 4. The number of carbonyl (C=O) groups excluding carboxylic acids is 1. The van der Waals surface area contributed by atoms with Crippen LogP contribution in [0.4, 0.5) is 0 Å². The van der Waals surface area contributed by atoms with Gasteiger partial charge in [0.15, 0.2) is 0 Å². The summed E-state index contributed by atoms with van der Waals surface area (Å²) in [5, 5.41) is 12.2. The van der Waals surface area contributed by atoms with Crippen molar-refractivity contribution in [3.63, 3.8) is 0 Å². The number of nitrogens with zero attached hydrogens (tertiary/aromatic N) is 1. The average Bonchev–Trinajstić information content (AvgIpc) is 2.47. The van der Waals surface area contributed by atoms with Crippen molar-refractivity contribution in [3.05, 3.63) is 16.1 Å². The van der Waals surface area contributed by atoms with Crippen LogP contribution in [0.25, 0.3) is 0 Å². The first-order valence-electron chi connectivity index (χ1n) is 4.77. The molecule has 1 amide bonds. The van der Waals surface area contributed by atoms with Crippen molar-refractivity contribution in [1.82, 2.24) is 10.3 Å². The molecular formula is C10H14N2O3S. The van der Waals surface area contributed by atoms with Crippen molar-refractivity contribution >= 4 is 23.2 Å². The highest BCUT2D eigenvalue weighted by molar-refractivity contribution is 7.13. The molecule has 1 aromatic heterocycles. The topological polar surface area (TPSA) is 79.3 Å². The average molecular weight is 242 g/mol. The second-order valence-corrected chi connectivity index (χ2v) is 5.39. The summed E-state index contributed by atoms with van der Waals surface area (Å²) in [6, 6.07) is 0. The number of carboxylic acids is 1. The van der Waals surface area contributed by atoms with Crippen molar-refractivity contribution in [2.45, 2.75) is 32.7 Å². The van der Waals surface area contributed by atoms with Gasteiger partial charge in [0.25, 0.3) is 5.91 Å². The summed E-state index contributed by atoms with van der Waals surface area (Å²) in [7, 11) is 0. The summed E-state index contributed by atoms with van der Waals surface area (Å²) < 4.78 is 0. The first-order chi connectivity index (χ1) is 7.30. The Morgan fingerprint density at radius 3 is 2.62 bits per heavy atom. The molecule has 0 aliphatic heterocycles. The lowest BCUT2D eigenvalue weighted by molar-refractivity contribution is -0.138. The molecule has 1 rings (SSSR count). The van der Waals surface area contributed by atoms with Gasteiger partial charge in [-0.05, 0) is 20.8 Å². The Kier molecular flexibility index (Phi) is 3.64. The number of aromatic nitrogens is 1. The molecular weight excluding hydrogens is 228 g/mol. The minimum atomic E-state index is -0.939. The number of thiazole rings is 1. The Morgan fingerprint density at radius 2 is 2.19 bits per heavy atom. The predicted molar refractivity (Wildman–Crippen MR) is 60.6 cm³/mol. The van der Waals surface area contributed by atoms with Gasteiger partial charge in [0.05, 0.1) is 17.6 Å². The highest BCUT2D eigenvalue weighted by atomic mass is 32.1. The maximum Gasteiger partial charge on any atom is 0.305 e. The van der Waals surface area contributed by atoms with E-state index in [1.165, 1.54) is 17.5 Å². The molecule has 0 bridgehead atoms. The Balaban J connectivity index is 2.67. The van der Waals surface area contributed by atoms with Crippen LogP contribution in [0.2, 0.25) is 0 Å². The van der Waals surface area contributed by atoms with E-state index in [4.69, 9.17) is 5.11 Å². The highest BCUT2D eigenvalue weighted by Crippen LogP contribution is 2.14. The molecule has 0 aliphatic carbocycles. The Hall–Kier alpha value is -1.43. The quantitative estimate of drug-likeness (QED) is 0.837. The molecule has 0 radical (unpaired) electrons. The SMILES string of the molecule is Cc1ncc(C(=O)NC(C)(C)CC(=O)O)s1. The van der Waals surface area contributed by atoms with Gasteiger partial charge in [-0.25, -0.2) is 4.98 Å². The fourth-order valence-corrected chi connectivity index (χ4v) is 1.93.